The lowest BCUT2D eigenvalue weighted by Gasteiger charge is -2.20. The second-order valence-corrected chi connectivity index (χ2v) is 5.47. The molecule has 0 saturated carbocycles. The summed E-state index contributed by atoms with van der Waals surface area (Å²) in [4.78, 5) is 35.5. The molecule has 118 valence electrons. The predicted octanol–water partition coefficient (Wildman–Crippen LogP) is 0.0791. The third-order valence-corrected chi connectivity index (χ3v) is 3.25. The minimum atomic E-state index is -1.13. The molecular formula is C11H14N6O5. The molecule has 0 aromatic carbocycles. The van der Waals surface area contributed by atoms with E-state index in [1.54, 1.807) is 13.8 Å². The van der Waals surface area contributed by atoms with Crippen LogP contribution in [0.3, 0.4) is 0 Å². The van der Waals surface area contributed by atoms with Crippen LogP contribution in [-0.4, -0.2) is 56.5 Å². The number of aliphatic imine (C=N–C) groups is 4. The zero-order valence-electron chi connectivity index (χ0n) is 11.9. The largest absolute Gasteiger partial charge is 0.393 e. The molecule has 0 saturated heterocycles. The molecule has 22 heavy (non-hydrogen) atoms. The number of amidine groups is 2. The van der Waals surface area contributed by atoms with Crippen molar-refractivity contribution < 1.29 is 15.0 Å². The maximum absolute atomic E-state index is 10.6. The highest BCUT2D eigenvalue weighted by Crippen LogP contribution is 2.29. The normalized spacial score (nSPS) is 31.0. The minimum Gasteiger partial charge on any atom is -0.393 e. The molecule has 0 amide bonds. The number of hydrogen-bond acceptors (Lipinski definition) is 9. The highest BCUT2D eigenvalue weighted by atomic mass is 16.6. The second kappa shape index (κ2) is 5.33. The Bertz CT molecular complexity index is 587. The van der Waals surface area contributed by atoms with Crippen LogP contribution < -0.4 is 0 Å². The van der Waals surface area contributed by atoms with Crippen molar-refractivity contribution in [2.45, 2.75) is 44.1 Å². The Morgan fingerprint density at radius 2 is 1.41 bits per heavy atom. The molecule has 2 heterocycles. The Balaban J connectivity index is 2.02. The molecule has 0 aromatic heterocycles. The van der Waals surface area contributed by atoms with Gasteiger partial charge in [0.05, 0.1) is 6.10 Å². The first kappa shape index (κ1) is 15.8. The summed E-state index contributed by atoms with van der Waals surface area (Å²) in [6, 6.07) is 0. The topological polar surface area (TPSA) is 156 Å². The summed E-state index contributed by atoms with van der Waals surface area (Å²) in [5.41, 5.74) is -2.26. The molecule has 2 atom stereocenters. The summed E-state index contributed by atoms with van der Waals surface area (Å²) >= 11 is 0. The van der Waals surface area contributed by atoms with E-state index in [4.69, 9.17) is 0 Å². The standard InChI is InChI=1S/C11H14N6O5/c1-10(12-5-8(14-10)16(19)20)3-7(18)4-11(2)13-6-9(15-11)17(21)22/h5-7,18H,3-4H2,1-2H3. The van der Waals surface area contributed by atoms with Crippen molar-refractivity contribution in [2.75, 3.05) is 0 Å². The lowest BCUT2D eigenvalue weighted by molar-refractivity contribution is -0.345. The summed E-state index contributed by atoms with van der Waals surface area (Å²) in [6.07, 6.45) is 1.16. The molecule has 2 rings (SSSR count). The van der Waals surface area contributed by atoms with Gasteiger partial charge in [0.1, 0.15) is 12.4 Å². The Hall–Kier alpha value is -2.56. The van der Waals surface area contributed by atoms with Crippen molar-refractivity contribution in [3.63, 3.8) is 0 Å². The number of aliphatic hydroxyl groups excluding tert-OH is 1. The Kier molecular flexibility index (Phi) is 3.83. The summed E-state index contributed by atoms with van der Waals surface area (Å²) < 4.78 is 0. The molecule has 11 heteroatoms. The van der Waals surface area contributed by atoms with Gasteiger partial charge in [-0.1, -0.05) is 0 Å². The van der Waals surface area contributed by atoms with E-state index in [1.807, 2.05) is 0 Å². The van der Waals surface area contributed by atoms with Crippen molar-refractivity contribution in [3.8, 4) is 0 Å². The smallest absolute Gasteiger partial charge is 0.378 e. The quantitative estimate of drug-likeness (QED) is 0.574. The first-order chi connectivity index (χ1) is 10.1. The molecule has 1 N–H and O–H groups in total. The highest BCUT2D eigenvalue weighted by Gasteiger charge is 2.43. The van der Waals surface area contributed by atoms with E-state index in [-0.39, 0.29) is 24.5 Å². The number of nitro groups is 2. The maximum atomic E-state index is 10.6. The fourth-order valence-electron chi connectivity index (χ4n) is 2.34. The molecule has 0 bridgehead atoms. The van der Waals surface area contributed by atoms with Crippen LogP contribution in [-0.2, 0) is 0 Å². The van der Waals surface area contributed by atoms with Crippen molar-refractivity contribution >= 4 is 24.1 Å². The van der Waals surface area contributed by atoms with Gasteiger partial charge in [-0.05, 0) is 19.8 Å². The summed E-state index contributed by atoms with van der Waals surface area (Å²) in [5, 5.41) is 31.4. The van der Waals surface area contributed by atoms with Gasteiger partial charge in [0, 0.05) is 26.7 Å². The van der Waals surface area contributed by atoms with Gasteiger partial charge in [-0.15, -0.1) is 0 Å². The van der Waals surface area contributed by atoms with Crippen LogP contribution in [0.15, 0.2) is 20.0 Å². The molecule has 2 unspecified atom stereocenters. The first-order valence-electron chi connectivity index (χ1n) is 6.39. The van der Waals surface area contributed by atoms with Gasteiger partial charge in [0.2, 0.25) is 11.3 Å². The molecule has 2 aliphatic rings. The van der Waals surface area contributed by atoms with Gasteiger partial charge in [-0.25, -0.2) is 9.98 Å². The van der Waals surface area contributed by atoms with Crippen molar-refractivity contribution in [2.24, 2.45) is 20.0 Å². The third kappa shape index (κ3) is 3.36. The van der Waals surface area contributed by atoms with E-state index >= 15 is 0 Å². The molecule has 2 aliphatic heterocycles. The van der Waals surface area contributed by atoms with Gasteiger partial charge >= 0.3 is 11.7 Å². The lowest BCUT2D eigenvalue weighted by atomic mass is 9.97. The highest BCUT2D eigenvalue weighted by molar-refractivity contribution is 6.27. The van der Waals surface area contributed by atoms with Crippen LogP contribution in [0.1, 0.15) is 26.7 Å². The molecule has 0 fully saturated rings. The van der Waals surface area contributed by atoms with Crippen LogP contribution in [0.5, 0.6) is 0 Å². The summed E-state index contributed by atoms with van der Waals surface area (Å²) in [5.74, 6) is -0.734. The SMILES string of the molecule is CC1(CC(O)CC2(C)N=CC([N+](=O)[O-])=N2)N=CC([N+](=O)[O-])=N1. The molecule has 0 aliphatic carbocycles. The average molecular weight is 310 g/mol. The molecule has 11 nitrogen and oxygen atoms in total. The van der Waals surface area contributed by atoms with Crippen LogP contribution in [0.4, 0.5) is 0 Å². The van der Waals surface area contributed by atoms with E-state index in [0.717, 1.165) is 12.4 Å². The van der Waals surface area contributed by atoms with Crippen molar-refractivity contribution in [3.05, 3.63) is 20.2 Å². The maximum Gasteiger partial charge on any atom is 0.378 e. The fourth-order valence-corrected chi connectivity index (χ4v) is 2.34. The zero-order chi connectivity index (χ0) is 16.5. The van der Waals surface area contributed by atoms with Crippen LogP contribution in [0, 0.1) is 20.2 Å². The Labute approximate surface area is 124 Å². The number of aliphatic hydroxyl groups is 1. The van der Waals surface area contributed by atoms with Crippen molar-refractivity contribution in [1.29, 1.82) is 0 Å². The fraction of sp³-hybridized carbons (Fsp3) is 0.636. The third-order valence-electron chi connectivity index (χ3n) is 3.25. The van der Waals surface area contributed by atoms with Gasteiger partial charge in [0.25, 0.3) is 0 Å². The number of nitrogens with zero attached hydrogens (tertiary/aromatic N) is 6. The van der Waals surface area contributed by atoms with Crippen LogP contribution in [0.25, 0.3) is 0 Å². The van der Waals surface area contributed by atoms with E-state index in [2.05, 4.69) is 20.0 Å². The molecule has 0 aromatic rings. The van der Waals surface area contributed by atoms with Crippen LogP contribution >= 0.6 is 0 Å². The van der Waals surface area contributed by atoms with Crippen LogP contribution in [0.2, 0.25) is 0 Å². The van der Waals surface area contributed by atoms with Gasteiger partial charge < -0.3 is 25.3 Å². The van der Waals surface area contributed by atoms with Gasteiger partial charge in [-0.3, -0.25) is 0 Å². The Morgan fingerprint density at radius 3 is 1.68 bits per heavy atom. The van der Waals surface area contributed by atoms with E-state index in [0.29, 0.717) is 0 Å². The van der Waals surface area contributed by atoms with E-state index in [9.17, 15) is 25.3 Å². The minimum absolute atomic E-state index is 0.0231. The predicted molar refractivity (Wildman–Crippen MR) is 77.9 cm³/mol. The van der Waals surface area contributed by atoms with Crippen molar-refractivity contribution in [1.82, 2.24) is 0 Å². The van der Waals surface area contributed by atoms with Gasteiger partial charge in [0.15, 0.2) is 0 Å². The van der Waals surface area contributed by atoms with Gasteiger partial charge in [-0.2, -0.15) is 0 Å². The first-order valence-corrected chi connectivity index (χ1v) is 6.39. The van der Waals surface area contributed by atoms with E-state index < -0.39 is 27.3 Å². The summed E-state index contributed by atoms with van der Waals surface area (Å²) in [7, 11) is 0. The molecule has 0 radical (unpaired) electrons. The Morgan fingerprint density at radius 1 is 1.05 bits per heavy atom. The number of rotatable bonds is 4. The molecule has 0 spiro atoms. The second-order valence-electron chi connectivity index (χ2n) is 5.47. The zero-order valence-corrected chi connectivity index (χ0v) is 11.9. The summed E-state index contributed by atoms with van der Waals surface area (Å²) in [6.45, 7) is 3.10. The number of hydrogen-bond donors (Lipinski definition) is 1. The van der Waals surface area contributed by atoms with E-state index in [1.165, 1.54) is 0 Å². The molecular weight excluding hydrogens is 296 g/mol. The monoisotopic (exact) mass is 310 g/mol. The lowest BCUT2D eigenvalue weighted by Crippen LogP contribution is -2.31. The average Bonchev–Trinajstić information content (AvgIpc) is 2.93.